The lowest BCUT2D eigenvalue weighted by Crippen LogP contribution is -2.64. The Kier molecular flexibility index (Phi) is 7.02. The fourth-order valence-corrected chi connectivity index (χ4v) is 4.30. The van der Waals surface area contributed by atoms with E-state index in [4.69, 9.17) is 23.2 Å². The normalized spacial score (nSPS) is 18.1. The summed E-state index contributed by atoms with van der Waals surface area (Å²) in [5.74, 6) is 0.184. The molecule has 152 valence electrons. The van der Waals surface area contributed by atoms with Gasteiger partial charge in [0.2, 0.25) is 11.8 Å². The van der Waals surface area contributed by atoms with Crippen molar-refractivity contribution in [3.05, 3.63) is 46.0 Å². The van der Waals surface area contributed by atoms with Gasteiger partial charge < -0.3 is 9.80 Å². The molecular formula is C21H27Cl2N3O2. The monoisotopic (exact) mass is 423 g/mol. The smallest absolute Gasteiger partial charge is 0.246 e. The van der Waals surface area contributed by atoms with Crippen LogP contribution in [0.1, 0.15) is 24.5 Å². The van der Waals surface area contributed by atoms with Crippen molar-refractivity contribution < 1.29 is 9.59 Å². The largest absolute Gasteiger partial charge is 0.340 e. The van der Waals surface area contributed by atoms with Gasteiger partial charge in [-0.25, -0.2) is 0 Å². The summed E-state index contributed by atoms with van der Waals surface area (Å²) in [6.45, 7) is 10.3. The first-order valence-electron chi connectivity index (χ1n) is 9.82. The number of carbonyl (C=O) groups excluding carboxylic acids is 2. The van der Waals surface area contributed by atoms with Crippen molar-refractivity contribution in [1.29, 1.82) is 0 Å². The molecule has 0 bridgehead atoms. The van der Waals surface area contributed by atoms with Crippen molar-refractivity contribution in [2.45, 2.75) is 32.2 Å². The van der Waals surface area contributed by atoms with E-state index in [0.717, 1.165) is 56.8 Å². The molecule has 2 amide bonds. The predicted octanol–water partition coefficient (Wildman–Crippen LogP) is 3.03. The Morgan fingerprint density at radius 1 is 1.07 bits per heavy atom. The number of amides is 2. The first-order valence-corrected chi connectivity index (χ1v) is 10.6. The highest BCUT2D eigenvalue weighted by Gasteiger charge is 2.35. The minimum Gasteiger partial charge on any atom is -0.340 e. The van der Waals surface area contributed by atoms with Gasteiger partial charge in [0.1, 0.15) is 0 Å². The molecule has 0 radical (unpaired) electrons. The van der Waals surface area contributed by atoms with Gasteiger partial charge in [-0.1, -0.05) is 36.7 Å². The van der Waals surface area contributed by atoms with Crippen LogP contribution in [0.2, 0.25) is 10.0 Å². The fraction of sp³-hybridized carbons (Fsp3) is 0.524. The minimum atomic E-state index is -0.00110. The van der Waals surface area contributed by atoms with Crippen LogP contribution in [-0.4, -0.2) is 71.8 Å². The SMILES string of the molecule is C=CC(=O)N1CC(N2CCN(C(=O)CCc3cc(Cl)c(Cl)cc3CC)CC2)C1. The van der Waals surface area contributed by atoms with Crippen LogP contribution in [0, 0.1) is 0 Å². The van der Waals surface area contributed by atoms with E-state index in [1.807, 2.05) is 17.0 Å². The van der Waals surface area contributed by atoms with Crippen molar-refractivity contribution in [2.24, 2.45) is 0 Å². The molecule has 0 saturated carbocycles. The maximum absolute atomic E-state index is 12.6. The van der Waals surface area contributed by atoms with E-state index in [9.17, 15) is 9.59 Å². The highest BCUT2D eigenvalue weighted by Crippen LogP contribution is 2.27. The summed E-state index contributed by atoms with van der Waals surface area (Å²) in [4.78, 5) is 30.3. The van der Waals surface area contributed by atoms with Crippen LogP contribution in [0.15, 0.2) is 24.8 Å². The quantitative estimate of drug-likeness (QED) is 0.660. The van der Waals surface area contributed by atoms with Crippen molar-refractivity contribution in [2.75, 3.05) is 39.3 Å². The van der Waals surface area contributed by atoms with Crippen LogP contribution in [0.3, 0.4) is 0 Å². The van der Waals surface area contributed by atoms with Gasteiger partial charge in [-0.15, -0.1) is 0 Å². The molecule has 0 atom stereocenters. The van der Waals surface area contributed by atoms with E-state index < -0.39 is 0 Å². The molecule has 28 heavy (non-hydrogen) atoms. The lowest BCUT2D eigenvalue weighted by molar-refractivity contribution is -0.136. The zero-order valence-corrected chi connectivity index (χ0v) is 17.8. The topological polar surface area (TPSA) is 43.9 Å². The molecule has 2 saturated heterocycles. The summed E-state index contributed by atoms with van der Waals surface area (Å²) in [6.07, 6.45) is 3.40. The Balaban J connectivity index is 1.45. The summed E-state index contributed by atoms with van der Waals surface area (Å²) in [7, 11) is 0. The third-order valence-electron chi connectivity index (χ3n) is 5.76. The molecule has 0 unspecified atom stereocenters. The van der Waals surface area contributed by atoms with Gasteiger partial charge >= 0.3 is 0 Å². The summed E-state index contributed by atoms with van der Waals surface area (Å²) in [6, 6.07) is 4.20. The number of hydrogen-bond donors (Lipinski definition) is 0. The molecule has 2 heterocycles. The van der Waals surface area contributed by atoms with Gasteiger partial charge in [0.05, 0.1) is 10.0 Å². The van der Waals surface area contributed by atoms with Crippen LogP contribution in [-0.2, 0) is 22.4 Å². The summed E-state index contributed by atoms with van der Waals surface area (Å²) >= 11 is 12.2. The van der Waals surface area contributed by atoms with Crippen LogP contribution in [0.4, 0.5) is 0 Å². The summed E-state index contributed by atoms with van der Waals surface area (Å²) in [5, 5.41) is 1.11. The number of nitrogens with zero attached hydrogens (tertiary/aromatic N) is 3. The van der Waals surface area contributed by atoms with E-state index in [1.54, 1.807) is 4.90 Å². The highest BCUT2D eigenvalue weighted by molar-refractivity contribution is 6.42. The molecule has 0 aliphatic carbocycles. The number of carbonyl (C=O) groups is 2. The van der Waals surface area contributed by atoms with E-state index >= 15 is 0 Å². The Hall–Kier alpha value is -1.56. The molecule has 1 aromatic rings. The van der Waals surface area contributed by atoms with Gasteiger partial charge in [0, 0.05) is 51.7 Å². The Labute approximate surface area is 176 Å². The van der Waals surface area contributed by atoms with Crippen LogP contribution in [0.5, 0.6) is 0 Å². The highest BCUT2D eigenvalue weighted by atomic mass is 35.5. The van der Waals surface area contributed by atoms with E-state index in [-0.39, 0.29) is 11.8 Å². The standard InChI is InChI=1S/C21H27Cl2N3O2/c1-3-15-11-18(22)19(23)12-16(15)5-6-21(28)25-9-7-24(8-10-25)17-13-26(14-17)20(27)4-2/h4,11-12,17H,2-3,5-10,13-14H2,1H3. The maximum Gasteiger partial charge on any atom is 0.246 e. The molecule has 3 rings (SSSR count). The second kappa shape index (κ2) is 9.29. The second-order valence-corrected chi connectivity index (χ2v) is 8.22. The molecule has 1 aromatic carbocycles. The van der Waals surface area contributed by atoms with Crippen molar-refractivity contribution in [1.82, 2.24) is 14.7 Å². The van der Waals surface area contributed by atoms with E-state index in [0.29, 0.717) is 28.9 Å². The van der Waals surface area contributed by atoms with Gasteiger partial charge in [-0.05, 0) is 42.2 Å². The molecule has 2 fully saturated rings. The third-order valence-corrected chi connectivity index (χ3v) is 6.49. The molecule has 0 N–H and O–H groups in total. The first-order chi connectivity index (χ1) is 13.4. The van der Waals surface area contributed by atoms with Gasteiger partial charge in [-0.3, -0.25) is 14.5 Å². The lowest BCUT2D eigenvalue weighted by Gasteiger charge is -2.47. The molecule has 2 aliphatic rings. The van der Waals surface area contributed by atoms with Crippen molar-refractivity contribution in [3.63, 3.8) is 0 Å². The molecular weight excluding hydrogens is 397 g/mol. The molecule has 0 aromatic heterocycles. The number of benzene rings is 1. The lowest BCUT2D eigenvalue weighted by atomic mass is 10.0. The Bertz CT molecular complexity index is 754. The van der Waals surface area contributed by atoms with Crippen LogP contribution in [0.25, 0.3) is 0 Å². The average Bonchev–Trinajstić information content (AvgIpc) is 2.67. The van der Waals surface area contributed by atoms with E-state index in [2.05, 4.69) is 18.4 Å². The van der Waals surface area contributed by atoms with Crippen LogP contribution >= 0.6 is 23.2 Å². The zero-order valence-electron chi connectivity index (χ0n) is 16.3. The van der Waals surface area contributed by atoms with Gasteiger partial charge in [-0.2, -0.15) is 0 Å². The zero-order chi connectivity index (χ0) is 20.3. The number of halogens is 2. The molecule has 7 heteroatoms. The minimum absolute atomic E-state index is 0.00110. The Morgan fingerprint density at radius 2 is 1.68 bits per heavy atom. The van der Waals surface area contributed by atoms with Crippen LogP contribution < -0.4 is 0 Å². The number of piperazine rings is 1. The number of hydrogen-bond acceptors (Lipinski definition) is 3. The molecule has 0 spiro atoms. The number of likely N-dealkylation sites (tertiary alicyclic amines) is 1. The number of aryl methyl sites for hydroxylation is 2. The van der Waals surface area contributed by atoms with Gasteiger partial charge in [0.25, 0.3) is 0 Å². The van der Waals surface area contributed by atoms with Crippen molar-refractivity contribution >= 4 is 35.0 Å². The summed E-state index contributed by atoms with van der Waals surface area (Å²) < 4.78 is 0. The van der Waals surface area contributed by atoms with E-state index in [1.165, 1.54) is 6.08 Å². The third kappa shape index (κ3) is 4.70. The second-order valence-electron chi connectivity index (χ2n) is 7.41. The molecule has 5 nitrogen and oxygen atoms in total. The average molecular weight is 424 g/mol. The van der Waals surface area contributed by atoms with Crippen molar-refractivity contribution in [3.8, 4) is 0 Å². The maximum atomic E-state index is 12.6. The predicted molar refractivity (Wildman–Crippen MR) is 113 cm³/mol. The molecule has 2 aliphatic heterocycles. The Morgan fingerprint density at radius 3 is 2.25 bits per heavy atom. The number of rotatable bonds is 6. The summed E-state index contributed by atoms with van der Waals surface area (Å²) in [5.41, 5.74) is 2.25. The van der Waals surface area contributed by atoms with Gasteiger partial charge in [0.15, 0.2) is 0 Å². The fourth-order valence-electron chi connectivity index (χ4n) is 3.92. The first kappa shape index (κ1) is 21.2.